The molecule has 1 fully saturated rings. The van der Waals surface area contributed by atoms with Crippen LogP contribution in [-0.4, -0.2) is 11.8 Å². The monoisotopic (exact) mass is 336 g/mol. The first kappa shape index (κ1) is 17.2. The standard InChI is InChI=1S/C21H24N2O2/c1-13-5-6-18(16(4)10-13)23-20(25)21(7-8-21)19(24)22-17-11-14(2)9-15(3)12-17/h5-6,9-12H,7-8H2,1-4H3,(H,22,24)(H,23,25). The molecule has 1 saturated carbocycles. The lowest BCUT2D eigenvalue weighted by atomic mass is 10.0. The summed E-state index contributed by atoms with van der Waals surface area (Å²) in [6.07, 6.45) is 1.17. The van der Waals surface area contributed by atoms with Gasteiger partial charge >= 0.3 is 0 Å². The molecule has 2 aromatic rings. The third kappa shape index (κ3) is 3.58. The highest BCUT2D eigenvalue weighted by atomic mass is 16.2. The van der Waals surface area contributed by atoms with Crippen LogP contribution in [0, 0.1) is 33.1 Å². The van der Waals surface area contributed by atoms with Crippen LogP contribution in [0.4, 0.5) is 11.4 Å². The van der Waals surface area contributed by atoms with Crippen LogP contribution in [-0.2, 0) is 9.59 Å². The largest absolute Gasteiger partial charge is 0.325 e. The average Bonchev–Trinajstić information content (AvgIpc) is 3.30. The molecular formula is C21H24N2O2. The van der Waals surface area contributed by atoms with Crippen LogP contribution in [0.3, 0.4) is 0 Å². The Morgan fingerprint density at radius 1 is 0.800 bits per heavy atom. The summed E-state index contributed by atoms with van der Waals surface area (Å²) in [7, 11) is 0. The second-order valence-corrected chi connectivity index (χ2v) is 7.19. The predicted molar refractivity (Wildman–Crippen MR) is 101 cm³/mol. The van der Waals surface area contributed by atoms with Gasteiger partial charge in [0.15, 0.2) is 0 Å². The molecule has 2 N–H and O–H groups in total. The first-order valence-electron chi connectivity index (χ1n) is 8.59. The number of aryl methyl sites for hydroxylation is 4. The van der Waals surface area contributed by atoms with Crippen LogP contribution >= 0.6 is 0 Å². The van der Waals surface area contributed by atoms with Gasteiger partial charge in [0, 0.05) is 11.4 Å². The van der Waals surface area contributed by atoms with Gasteiger partial charge in [0.2, 0.25) is 11.8 Å². The minimum atomic E-state index is -0.949. The molecule has 3 rings (SSSR count). The Balaban J connectivity index is 1.74. The van der Waals surface area contributed by atoms with Crippen molar-refractivity contribution < 1.29 is 9.59 Å². The second kappa shape index (κ2) is 6.36. The van der Waals surface area contributed by atoms with Crippen molar-refractivity contribution in [1.29, 1.82) is 0 Å². The Hall–Kier alpha value is -2.62. The highest BCUT2D eigenvalue weighted by Gasteiger charge is 2.56. The fourth-order valence-corrected chi connectivity index (χ4v) is 3.18. The van der Waals surface area contributed by atoms with E-state index in [4.69, 9.17) is 0 Å². The summed E-state index contributed by atoms with van der Waals surface area (Å²) < 4.78 is 0. The summed E-state index contributed by atoms with van der Waals surface area (Å²) in [5.74, 6) is -0.443. The quantitative estimate of drug-likeness (QED) is 0.819. The molecule has 1 aliphatic carbocycles. The molecule has 4 heteroatoms. The molecule has 1 aliphatic rings. The number of anilines is 2. The fraction of sp³-hybridized carbons (Fsp3) is 0.333. The van der Waals surface area contributed by atoms with Gasteiger partial charge in [0.1, 0.15) is 5.41 Å². The maximum absolute atomic E-state index is 12.7. The third-order valence-corrected chi connectivity index (χ3v) is 4.73. The van der Waals surface area contributed by atoms with E-state index in [1.807, 2.05) is 58.0 Å². The Bertz CT molecular complexity index is 831. The molecule has 130 valence electrons. The maximum atomic E-state index is 12.7. The van der Waals surface area contributed by atoms with E-state index in [1.54, 1.807) is 0 Å². The van der Waals surface area contributed by atoms with Crippen LogP contribution < -0.4 is 10.6 Å². The minimum Gasteiger partial charge on any atom is -0.325 e. The first-order valence-corrected chi connectivity index (χ1v) is 8.59. The zero-order valence-electron chi connectivity index (χ0n) is 15.2. The topological polar surface area (TPSA) is 58.2 Å². The van der Waals surface area contributed by atoms with Crippen LogP contribution in [0.5, 0.6) is 0 Å². The number of benzene rings is 2. The van der Waals surface area contributed by atoms with Gasteiger partial charge in [0.25, 0.3) is 0 Å². The summed E-state index contributed by atoms with van der Waals surface area (Å²) in [5.41, 5.74) is 4.87. The van der Waals surface area contributed by atoms with Crippen LogP contribution in [0.25, 0.3) is 0 Å². The van der Waals surface area contributed by atoms with Gasteiger partial charge in [0.05, 0.1) is 0 Å². The number of hydrogen-bond donors (Lipinski definition) is 2. The van der Waals surface area contributed by atoms with Gasteiger partial charge in [-0.05, 0) is 75.4 Å². The van der Waals surface area contributed by atoms with Crippen molar-refractivity contribution in [3.63, 3.8) is 0 Å². The lowest BCUT2D eigenvalue weighted by molar-refractivity contribution is -0.131. The Labute approximate surface area is 148 Å². The van der Waals surface area contributed by atoms with Gasteiger partial charge in [-0.25, -0.2) is 0 Å². The second-order valence-electron chi connectivity index (χ2n) is 7.19. The van der Waals surface area contributed by atoms with Gasteiger partial charge in [-0.1, -0.05) is 23.8 Å². The fourth-order valence-electron chi connectivity index (χ4n) is 3.18. The van der Waals surface area contributed by atoms with E-state index in [9.17, 15) is 9.59 Å². The summed E-state index contributed by atoms with van der Waals surface area (Å²) >= 11 is 0. The van der Waals surface area contributed by atoms with Crippen LogP contribution in [0.1, 0.15) is 35.1 Å². The SMILES string of the molecule is Cc1cc(C)cc(NC(=O)C2(C(=O)Nc3ccc(C)cc3C)CC2)c1. The van der Waals surface area contributed by atoms with E-state index in [0.717, 1.165) is 33.6 Å². The first-order chi connectivity index (χ1) is 11.8. The Morgan fingerprint density at radius 2 is 1.40 bits per heavy atom. The molecule has 2 aromatic carbocycles. The average molecular weight is 336 g/mol. The molecule has 2 amide bonds. The number of nitrogens with one attached hydrogen (secondary N) is 2. The summed E-state index contributed by atoms with van der Waals surface area (Å²) in [6.45, 7) is 7.95. The Kier molecular flexibility index (Phi) is 4.38. The van der Waals surface area contributed by atoms with Crippen molar-refractivity contribution in [3.8, 4) is 0 Å². The van der Waals surface area contributed by atoms with Crippen molar-refractivity contribution in [3.05, 3.63) is 58.7 Å². The van der Waals surface area contributed by atoms with E-state index in [1.165, 1.54) is 0 Å². The molecule has 0 heterocycles. The molecule has 0 saturated heterocycles. The van der Waals surface area contributed by atoms with Gasteiger partial charge < -0.3 is 10.6 Å². The van der Waals surface area contributed by atoms with E-state index >= 15 is 0 Å². The van der Waals surface area contributed by atoms with Crippen molar-refractivity contribution in [1.82, 2.24) is 0 Å². The number of hydrogen-bond acceptors (Lipinski definition) is 2. The molecule has 0 unspecified atom stereocenters. The molecule has 0 aliphatic heterocycles. The smallest absolute Gasteiger partial charge is 0.240 e. The zero-order valence-corrected chi connectivity index (χ0v) is 15.2. The van der Waals surface area contributed by atoms with Crippen molar-refractivity contribution in [2.45, 2.75) is 40.5 Å². The van der Waals surface area contributed by atoms with Gasteiger partial charge in [-0.2, -0.15) is 0 Å². The molecule has 25 heavy (non-hydrogen) atoms. The van der Waals surface area contributed by atoms with Crippen LogP contribution in [0.15, 0.2) is 36.4 Å². The molecule has 0 bridgehead atoms. The van der Waals surface area contributed by atoms with E-state index in [-0.39, 0.29) is 11.8 Å². The van der Waals surface area contributed by atoms with Crippen molar-refractivity contribution >= 4 is 23.2 Å². The number of carbonyl (C=O) groups is 2. The lowest BCUT2D eigenvalue weighted by Crippen LogP contribution is -2.35. The third-order valence-electron chi connectivity index (χ3n) is 4.73. The minimum absolute atomic E-state index is 0.221. The van der Waals surface area contributed by atoms with Gasteiger partial charge in [-0.15, -0.1) is 0 Å². The highest BCUT2D eigenvalue weighted by molar-refractivity contribution is 6.17. The zero-order chi connectivity index (χ0) is 18.2. The molecular weight excluding hydrogens is 312 g/mol. The number of rotatable bonds is 4. The Morgan fingerprint density at radius 3 is 1.96 bits per heavy atom. The maximum Gasteiger partial charge on any atom is 0.240 e. The van der Waals surface area contributed by atoms with Crippen LogP contribution in [0.2, 0.25) is 0 Å². The molecule has 4 nitrogen and oxygen atoms in total. The summed E-state index contributed by atoms with van der Waals surface area (Å²) in [5, 5.41) is 5.85. The molecule has 0 atom stereocenters. The highest BCUT2D eigenvalue weighted by Crippen LogP contribution is 2.47. The van der Waals surface area contributed by atoms with Crippen molar-refractivity contribution in [2.24, 2.45) is 5.41 Å². The van der Waals surface area contributed by atoms with Crippen molar-refractivity contribution in [2.75, 3.05) is 10.6 Å². The molecule has 0 spiro atoms. The van der Waals surface area contributed by atoms with E-state index in [0.29, 0.717) is 12.8 Å². The van der Waals surface area contributed by atoms with E-state index < -0.39 is 5.41 Å². The summed E-state index contributed by atoms with van der Waals surface area (Å²) in [6, 6.07) is 11.8. The van der Waals surface area contributed by atoms with E-state index in [2.05, 4.69) is 16.7 Å². The lowest BCUT2D eigenvalue weighted by Gasteiger charge is -2.17. The molecule has 0 radical (unpaired) electrons. The summed E-state index contributed by atoms with van der Waals surface area (Å²) in [4.78, 5) is 25.4. The number of carbonyl (C=O) groups excluding carboxylic acids is 2. The predicted octanol–water partition coefficient (Wildman–Crippen LogP) is 4.28. The number of amides is 2. The normalized spacial score (nSPS) is 14.7. The molecule has 0 aromatic heterocycles. The van der Waals surface area contributed by atoms with Gasteiger partial charge in [-0.3, -0.25) is 9.59 Å².